The highest BCUT2D eigenvalue weighted by molar-refractivity contribution is 6.16. The maximum atomic E-state index is 9.12. The number of fused-ring (bicyclic) bond motifs is 7. The van der Waals surface area contributed by atoms with Crippen molar-refractivity contribution in [1.29, 1.82) is 0 Å². The Labute approximate surface area is 426 Å². The first-order chi connectivity index (χ1) is 39.0. The molecule has 0 spiro atoms. The van der Waals surface area contributed by atoms with Crippen molar-refractivity contribution < 1.29 is 23.0 Å². The largest absolute Gasteiger partial charge is 0.458 e. The Morgan fingerprint density at radius 2 is 1.14 bits per heavy atom. The van der Waals surface area contributed by atoms with Crippen LogP contribution in [0.15, 0.2) is 230 Å². The summed E-state index contributed by atoms with van der Waals surface area (Å²) < 4.78 is 103. The second kappa shape index (κ2) is 16.9. The van der Waals surface area contributed by atoms with Gasteiger partial charge in [-0.05, 0) is 88.2 Å². The zero-order chi connectivity index (χ0) is 56.3. The van der Waals surface area contributed by atoms with Gasteiger partial charge in [-0.2, -0.15) is 0 Å². The zero-order valence-corrected chi connectivity index (χ0v) is 39.0. The van der Waals surface area contributed by atoms with Crippen LogP contribution in [0.4, 0.5) is 0 Å². The van der Waals surface area contributed by atoms with Crippen LogP contribution in [0.25, 0.3) is 99.8 Å². The summed E-state index contributed by atoms with van der Waals surface area (Å²) in [5, 5.41) is 4.30. The van der Waals surface area contributed by atoms with Crippen molar-refractivity contribution in [3.8, 4) is 56.6 Å². The number of ether oxygens (including phenoxy) is 1. The Morgan fingerprint density at radius 3 is 1.80 bits per heavy atom. The second-order valence-electron chi connectivity index (χ2n) is 18.9. The van der Waals surface area contributed by atoms with Crippen molar-refractivity contribution in [3.63, 3.8) is 0 Å². The Hall–Kier alpha value is -9.00. The van der Waals surface area contributed by atoms with Gasteiger partial charge in [0.1, 0.15) is 17.3 Å². The number of para-hydroxylation sites is 6. The van der Waals surface area contributed by atoms with Crippen molar-refractivity contribution in [3.05, 3.63) is 242 Å². The molecule has 71 heavy (non-hydrogen) atoms. The average molecular weight is 926 g/mol. The lowest BCUT2D eigenvalue weighted by Gasteiger charge is -2.19. The lowest BCUT2D eigenvalue weighted by molar-refractivity contribution is -0.571. The Kier molecular flexibility index (Phi) is 7.78. The third-order valence-electron chi connectivity index (χ3n) is 13.0. The summed E-state index contributed by atoms with van der Waals surface area (Å²) in [5.41, 5.74) is 8.08. The maximum absolute atomic E-state index is 9.12. The van der Waals surface area contributed by atoms with Gasteiger partial charge < -0.3 is 9.30 Å². The van der Waals surface area contributed by atoms with Crippen LogP contribution in [0.2, 0.25) is 0 Å². The van der Waals surface area contributed by atoms with E-state index in [0.717, 1.165) is 61.5 Å². The summed E-state index contributed by atoms with van der Waals surface area (Å²) in [5.74, 6) is 1.82. The summed E-state index contributed by atoms with van der Waals surface area (Å²) >= 11 is 0. The average Bonchev–Trinajstić information content (AvgIpc) is 3.45. The highest BCUT2D eigenvalue weighted by atomic mass is 16.5. The van der Waals surface area contributed by atoms with E-state index in [1.807, 2.05) is 59.3 Å². The molecule has 0 bridgehead atoms. The number of rotatable bonds is 9. The van der Waals surface area contributed by atoms with Gasteiger partial charge in [0.05, 0.1) is 63.9 Å². The first-order valence-electron chi connectivity index (χ1n) is 28.5. The SMILES string of the molecule is [2H]c1c([2H])c([2H])c(-c2cccc(-c3c([2H])c([2H])c([2H])c([2H])c3[2H])c2-[n+]2[c-]n(-c3cccc(Oc4cc(-n5c6ccccc6c6ccccc65)c5c6ccccc6n(-c6cc(CC(C)(C)C)ccn6)c5c4)c3)c3ccccc32)c([2H])c1[2H]. The van der Waals surface area contributed by atoms with E-state index in [1.165, 1.54) is 5.56 Å². The van der Waals surface area contributed by atoms with Gasteiger partial charge in [0.2, 0.25) is 0 Å². The van der Waals surface area contributed by atoms with Crippen LogP contribution in [-0.2, 0) is 6.42 Å². The molecular weight excluding hydrogens is 867 g/mol. The molecule has 13 rings (SSSR count). The van der Waals surface area contributed by atoms with E-state index in [2.05, 4.69) is 133 Å². The fraction of sp³-hybridized carbons (Fsp3) is 0.0769. The van der Waals surface area contributed by atoms with Gasteiger partial charge in [-0.15, -0.1) is 0 Å². The van der Waals surface area contributed by atoms with Crippen LogP contribution in [0, 0.1) is 11.7 Å². The van der Waals surface area contributed by atoms with Crippen molar-refractivity contribution >= 4 is 54.6 Å². The van der Waals surface area contributed by atoms with E-state index in [-0.39, 0.29) is 33.4 Å². The molecule has 6 nitrogen and oxygen atoms in total. The summed E-state index contributed by atoms with van der Waals surface area (Å²) in [6.07, 6.45) is 6.23. The molecule has 0 saturated carbocycles. The van der Waals surface area contributed by atoms with Crippen molar-refractivity contribution in [2.24, 2.45) is 5.41 Å². The number of aromatic nitrogens is 5. The van der Waals surface area contributed by atoms with E-state index in [0.29, 0.717) is 28.2 Å². The van der Waals surface area contributed by atoms with Crippen LogP contribution < -0.4 is 9.30 Å². The minimum absolute atomic E-state index is 0.0411. The lowest BCUT2D eigenvalue weighted by Crippen LogP contribution is -2.31. The van der Waals surface area contributed by atoms with Crippen LogP contribution in [0.5, 0.6) is 11.5 Å². The van der Waals surface area contributed by atoms with Gasteiger partial charge in [-0.25, -0.2) is 4.98 Å². The number of pyridine rings is 1. The predicted molar refractivity (Wildman–Crippen MR) is 291 cm³/mol. The van der Waals surface area contributed by atoms with Crippen LogP contribution in [0.1, 0.15) is 40.0 Å². The molecule has 0 radical (unpaired) electrons. The molecule has 0 unspecified atom stereocenters. The van der Waals surface area contributed by atoms with E-state index >= 15 is 0 Å². The highest BCUT2D eigenvalue weighted by Crippen LogP contribution is 2.43. The van der Waals surface area contributed by atoms with Gasteiger partial charge in [-0.3, -0.25) is 13.7 Å². The number of imidazole rings is 1. The molecule has 0 aliphatic carbocycles. The molecule has 0 fully saturated rings. The summed E-state index contributed by atoms with van der Waals surface area (Å²) in [6.45, 7) is 6.70. The molecule has 0 aliphatic rings. The maximum Gasteiger partial charge on any atom is 0.269 e. The quantitative estimate of drug-likeness (QED) is 0.107. The first-order valence-corrected chi connectivity index (χ1v) is 23.5. The van der Waals surface area contributed by atoms with Crippen molar-refractivity contribution in [2.45, 2.75) is 27.2 Å². The molecule has 4 aromatic heterocycles. The van der Waals surface area contributed by atoms with Crippen LogP contribution in [0.3, 0.4) is 0 Å². The first kappa shape index (κ1) is 32.7. The fourth-order valence-corrected chi connectivity index (χ4v) is 10.2. The van der Waals surface area contributed by atoms with E-state index in [4.69, 9.17) is 23.4 Å². The molecule has 9 aromatic carbocycles. The number of benzene rings is 9. The molecule has 0 N–H and O–H groups in total. The normalized spacial score (nSPS) is 13.9. The topological polar surface area (TPSA) is 40.8 Å². The van der Waals surface area contributed by atoms with E-state index in [1.54, 1.807) is 22.8 Å². The molecule has 4 heterocycles. The van der Waals surface area contributed by atoms with Gasteiger partial charge in [-0.1, -0.05) is 184 Å². The summed E-state index contributed by atoms with van der Waals surface area (Å²) in [7, 11) is 0. The predicted octanol–water partition coefficient (Wildman–Crippen LogP) is 16.0. The van der Waals surface area contributed by atoms with Gasteiger partial charge in [0.25, 0.3) is 6.33 Å². The number of hydrogen-bond acceptors (Lipinski definition) is 2. The molecule has 6 heteroatoms. The van der Waals surface area contributed by atoms with E-state index < -0.39 is 60.4 Å². The molecule has 0 saturated heterocycles. The second-order valence-corrected chi connectivity index (χ2v) is 18.9. The van der Waals surface area contributed by atoms with Gasteiger partial charge in [0.15, 0.2) is 0 Å². The third kappa shape index (κ3) is 7.35. The standard InChI is InChI=1S/C65H49N5O/c1-65(2,3)42-44-36-37-66-62(38-44)70-57-33-15-12-28-54(57)63-60(69-55-31-13-10-26-52(55)53-27-11-14-32-56(53)69)40-49(41-61(63)70)71-48-25-18-24-47(39-48)67-43-68(59-35-17-16-34-58(59)67)64-50(45-20-6-4-7-21-45)29-19-30-51(64)46-22-8-5-9-23-46/h4-41H,42H2,1-3H3/i4D,5D,6D,7D,8D,9D,20D,21D,22D,23D. The molecular formula is C65H49N5O. The molecule has 13 aromatic rings. The monoisotopic (exact) mass is 925 g/mol. The lowest BCUT2D eigenvalue weighted by atomic mass is 9.88. The van der Waals surface area contributed by atoms with Crippen molar-refractivity contribution in [2.75, 3.05) is 0 Å². The zero-order valence-electron chi connectivity index (χ0n) is 49.0. The highest BCUT2D eigenvalue weighted by Gasteiger charge is 2.24. The number of nitrogens with zero attached hydrogens (tertiary/aromatic N) is 5. The minimum atomic E-state index is -0.571. The van der Waals surface area contributed by atoms with Gasteiger partial charge in [0, 0.05) is 39.9 Å². The molecule has 0 amide bonds. The third-order valence-corrected chi connectivity index (χ3v) is 13.0. The minimum Gasteiger partial charge on any atom is -0.458 e. The van der Waals surface area contributed by atoms with Crippen LogP contribution >= 0.6 is 0 Å². The summed E-state index contributed by atoms with van der Waals surface area (Å²) in [4.78, 5) is 5.02. The molecule has 340 valence electrons. The molecule has 0 atom stereocenters. The summed E-state index contributed by atoms with van der Waals surface area (Å²) in [6, 6.07) is 48.2. The van der Waals surface area contributed by atoms with E-state index in [9.17, 15) is 0 Å². The van der Waals surface area contributed by atoms with Crippen molar-refractivity contribution in [1.82, 2.24) is 18.7 Å². The smallest absolute Gasteiger partial charge is 0.269 e. The molecule has 0 aliphatic heterocycles. The number of hydrogen-bond donors (Lipinski definition) is 0. The Bertz CT molecular complexity index is 4580. The van der Waals surface area contributed by atoms with Gasteiger partial charge >= 0.3 is 0 Å². The Balaban J connectivity index is 1.03. The van der Waals surface area contributed by atoms with Crippen LogP contribution in [-0.4, -0.2) is 18.7 Å². The fourth-order valence-electron chi connectivity index (χ4n) is 10.2. The Morgan fingerprint density at radius 1 is 0.549 bits per heavy atom.